The third kappa shape index (κ3) is 4.75. The van der Waals surface area contributed by atoms with Gasteiger partial charge >= 0.3 is 0 Å². The zero-order chi connectivity index (χ0) is 14.4. The van der Waals surface area contributed by atoms with Gasteiger partial charge < -0.3 is 4.90 Å². The molecule has 0 bridgehead atoms. The molecular formula is C16H22N2O. The second-order valence-corrected chi connectivity index (χ2v) is 5.43. The molecule has 0 aliphatic carbocycles. The highest BCUT2D eigenvalue weighted by Crippen LogP contribution is 2.13. The van der Waals surface area contributed by atoms with E-state index < -0.39 is 0 Å². The number of hydrogen-bond donors (Lipinski definition) is 0. The maximum absolute atomic E-state index is 12.5. The van der Waals surface area contributed by atoms with E-state index in [0.29, 0.717) is 25.4 Å². The van der Waals surface area contributed by atoms with Crippen LogP contribution >= 0.6 is 0 Å². The van der Waals surface area contributed by atoms with E-state index in [2.05, 4.69) is 26.0 Å². The van der Waals surface area contributed by atoms with Crippen molar-refractivity contribution in [3.8, 4) is 6.07 Å². The zero-order valence-corrected chi connectivity index (χ0v) is 12.2. The minimum Gasteiger partial charge on any atom is -0.337 e. The Kier molecular flexibility index (Phi) is 5.57. The molecule has 102 valence electrons. The van der Waals surface area contributed by atoms with Crippen LogP contribution in [0.15, 0.2) is 18.2 Å². The van der Waals surface area contributed by atoms with Crippen LogP contribution in [-0.2, 0) is 0 Å². The van der Waals surface area contributed by atoms with Gasteiger partial charge in [0.1, 0.15) is 0 Å². The van der Waals surface area contributed by atoms with E-state index in [4.69, 9.17) is 5.26 Å². The Bertz CT molecular complexity index is 466. The van der Waals surface area contributed by atoms with Gasteiger partial charge in [-0.25, -0.2) is 0 Å². The fourth-order valence-electron chi connectivity index (χ4n) is 2.18. The van der Waals surface area contributed by atoms with E-state index in [-0.39, 0.29) is 5.91 Å². The van der Waals surface area contributed by atoms with Crippen molar-refractivity contribution in [1.82, 2.24) is 4.90 Å². The molecule has 0 heterocycles. The number of benzene rings is 1. The summed E-state index contributed by atoms with van der Waals surface area (Å²) in [5.41, 5.74) is 2.90. The van der Waals surface area contributed by atoms with Gasteiger partial charge in [0.05, 0.1) is 12.5 Å². The van der Waals surface area contributed by atoms with Gasteiger partial charge in [0.15, 0.2) is 0 Å². The van der Waals surface area contributed by atoms with Crippen LogP contribution in [0.5, 0.6) is 0 Å². The molecular weight excluding hydrogens is 236 g/mol. The van der Waals surface area contributed by atoms with Crippen LogP contribution < -0.4 is 0 Å². The normalized spacial score (nSPS) is 10.3. The lowest BCUT2D eigenvalue weighted by Crippen LogP contribution is -2.35. The van der Waals surface area contributed by atoms with Crippen molar-refractivity contribution in [3.05, 3.63) is 34.9 Å². The van der Waals surface area contributed by atoms with E-state index in [1.807, 2.05) is 26.0 Å². The SMILES string of the molecule is Cc1cc(C)cc(C(=O)N(CCC#N)CC(C)C)c1. The highest BCUT2D eigenvalue weighted by atomic mass is 16.2. The Morgan fingerprint density at radius 1 is 1.26 bits per heavy atom. The molecule has 1 aromatic rings. The third-order valence-electron chi connectivity index (χ3n) is 2.83. The Morgan fingerprint density at radius 3 is 2.32 bits per heavy atom. The van der Waals surface area contributed by atoms with Crippen molar-refractivity contribution >= 4 is 5.91 Å². The molecule has 0 aliphatic heterocycles. The molecule has 0 fully saturated rings. The Balaban J connectivity index is 2.94. The summed E-state index contributed by atoms with van der Waals surface area (Å²) in [4.78, 5) is 14.3. The molecule has 0 atom stereocenters. The van der Waals surface area contributed by atoms with Gasteiger partial charge in [-0.15, -0.1) is 0 Å². The van der Waals surface area contributed by atoms with Gasteiger partial charge in [-0.1, -0.05) is 31.0 Å². The summed E-state index contributed by atoms with van der Waals surface area (Å²) in [5, 5.41) is 8.70. The van der Waals surface area contributed by atoms with Gasteiger partial charge in [0.25, 0.3) is 5.91 Å². The summed E-state index contributed by atoms with van der Waals surface area (Å²) in [6, 6.07) is 7.98. The molecule has 0 radical (unpaired) electrons. The summed E-state index contributed by atoms with van der Waals surface area (Å²) in [5.74, 6) is 0.421. The molecule has 3 heteroatoms. The van der Waals surface area contributed by atoms with Gasteiger partial charge in [0.2, 0.25) is 0 Å². The summed E-state index contributed by atoms with van der Waals surface area (Å²) in [6.45, 7) is 9.33. The molecule has 0 unspecified atom stereocenters. The van der Waals surface area contributed by atoms with Crippen molar-refractivity contribution in [1.29, 1.82) is 5.26 Å². The van der Waals surface area contributed by atoms with Crippen LogP contribution in [0.1, 0.15) is 41.8 Å². The van der Waals surface area contributed by atoms with E-state index in [9.17, 15) is 4.79 Å². The van der Waals surface area contributed by atoms with Crippen LogP contribution in [0.2, 0.25) is 0 Å². The van der Waals surface area contributed by atoms with Crippen molar-refractivity contribution in [3.63, 3.8) is 0 Å². The lowest BCUT2D eigenvalue weighted by Gasteiger charge is -2.24. The molecule has 0 saturated heterocycles. The molecule has 0 saturated carbocycles. The van der Waals surface area contributed by atoms with Crippen molar-refractivity contribution in [2.45, 2.75) is 34.1 Å². The zero-order valence-electron chi connectivity index (χ0n) is 12.2. The highest BCUT2D eigenvalue weighted by Gasteiger charge is 2.17. The Morgan fingerprint density at radius 2 is 1.84 bits per heavy atom. The van der Waals surface area contributed by atoms with E-state index in [1.165, 1.54) is 0 Å². The smallest absolute Gasteiger partial charge is 0.253 e. The fraction of sp³-hybridized carbons (Fsp3) is 0.500. The highest BCUT2D eigenvalue weighted by molar-refractivity contribution is 5.94. The number of amides is 1. The molecule has 0 N–H and O–H groups in total. The van der Waals surface area contributed by atoms with Crippen molar-refractivity contribution in [2.24, 2.45) is 5.92 Å². The Hall–Kier alpha value is -1.82. The summed E-state index contributed by atoms with van der Waals surface area (Å²) < 4.78 is 0. The molecule has 3 nitrogen and oxygen atoms in total. The maximum atomic E-state index is 12.5. The molecule has 0 spiro atoms. The Labute approximate surface area is 115 Å². The monoisotopic (exact) mass is 258 g/mol. The maximum Gasteiger partial charge on any atom is 0.253 e. The standard InChI is InChI=1S/C16H22N2O/c1-12(2)11-18(7-5-6-17)16(19)15-9-13(3)8-14(4)10-15/h8-10,12H,5,7,11H2,1-4H3. The lowest BCUT2D eigenvalue weighted by atomic mass is 10.1. The quantitative estimate of drug-likeness (QED) is 0.813. The first-order valence-corrected chi connectivity index (χ1v) is 6.68. The van der Waals surface area contributed by atoms with Crippen LogP contribution in [0.4, 0.5) is 0 Å². The number of hydrogen-bond acceptors (Lipinski definition) is 2. The van der Waals surface area contributed by atoms with Gasteiger partial charge in [-0.05, 0) is 31.9 Å². The molecule has 1 aromatic carbocycles. The average Bonchev–Trinajstić information content (AvgIpc) is 2.32. The molecule has 0 aliphatic rings. The molecule has 0 aromatic heterocycles. The molecule has 19 heavy (non-hydrogen) atoms. The average molecular weight is 258 g/mol. The number of nitrogens with zero attached hydrogens (tertiary/aromatic N) is 2. The second-order valence-electron chi connectivity index (χ2n) is 5.43. The second kappa shape index (κ2) is 6.94. The fourth-order valence-corrected chi connectivity index (χ4v) is 2.18. The van der Waals surface area contributed by atoms with Gasteiger partial charge in [-0.3, -0.25) is 4.79 Å². The first-order valence-electron chi connectivity index (χ1n) is 6.68. The molecule has 1 rings (SSSR count). The van der Waals surface area contributed by atoms with E-state index in [1.54, 1.807) is 4.90 Å². The number of nitriles is 1. The predicted octanol–water partition coefficient (Wildman–Crippen LogP) is 3.32. The van der Waals surface area contributed by atoms with Crippen molar-refractivity contribution < 1.29 is 4.79 Å². The predicted molar refractivity (Wildman–Crippen MR) is 76.9 cm³/mol. The summed E-state index contributed by atoms with van der Waals surface area (Å²) >= 11 is 0. The number of carbonyl (C=O) groups excluding carboxylic acids is 1. The number of carbonyl (C=O) groups is 1. The topological polar surface area (TPSA) is 44.1 Å². The minimum atomic E-state index is 0.0238. The van der Waals surface area contributed by atoms with Gasteiger partial charge in [0, 0.05) is 18.7 Å². The number of rotatable bonds is 5. The summed E-state index contributed by atoms with van der Waals surface area (Å²) in [6.07, 6.45) is 0.378. The van der Waals surface area contributed by atoms with Gasteiger partial charge in [-0.2, -0.15) is 5.26 Å². The molecule has 1 amide bonds. The van der Waals surface area contributed by atoms with E-state index >= 15 is 0 Å². The summed E-state index contributed by atoms with van der Waals surface area (Å²) in [7, 11) is 0. The first kappa shape index (κ1) is 15.2. The van der Waals surface area contributed by atoms with E-state index in [0.717, 1.165) is 16.7 Å². The van der Waals surface area contributed by atoms with Crippen LogP contribution in [-0.4, -0.2) is 23.9 Å². The van der Waals surface area contributed by atoms with Crippen LogP contribution in [0.25, 0.3) is 0 Å². The third-order valence-corrected chi connectivity index (χ3v) is 2.83. The first-order chi connectivity index (χ1) is 8.93. The van der Waals surface area contributed by atoms with Crippen LogP contribution in [0.3, 0.4) is 0 Å². The minimum absolute atomic E-state index is 0.0238. The largest absolute Gasteiger partial charge is 0.337 e. The lowest BCUT2D eigenvalue weighted by molar-refractivity contribution is 0.0739. The number of aryl methyl sites for hydroxylation is 2. The van der Waals surface area contributed by atoms with Crippen LogP contribution in [0, 0.1) is 31.1 Å². The van der Waals surface area contributed by atoms with Crippen molar-refractivity contribution in [2.75, 3.05) is 13.1 Å².